The van der Waals surface area contributed by atoms with Crippen molar-refractivity contribution < 1.29 is 14.6 Å². The van der Waals surface area contributed by atoms with Crippen molar-refractivity contribution in [2.75, 3.05) is 6.61 Å². The van der Waals surface area contributed by atoms with Gasteiger partial charge < -0.3 is 15.2 Å². The summed E-state index contributed by atoms with van der Waals surface area (Å²) in [6.45, 7) is 1.81. The Bertz CT molecular complexity index is 466. The molecule has 1 aromatic rings. The Morgan fingerprint density at radius 1 is 1.50 bits per heavy atom. The van der Waals surface area contributed by atoms with Gasteiger partial charge >= 0.3 is 0 Å². The first-order valence-electron chi connectivity index (χ1n) is 6.94. The zero-order valence-electron chi connectivity index (χ0n) is 11.5. The summed E-state index contributed by atoms with van der Waals surface area (Å²) in [4.78, 5) is 12.1. The lowest BCUT2D eigenvalue weighted by molar-refractivity contribution is -0.128. The highest BCUT2D eigenvalue weighted by atomic mass is 35.5. The second-order valence-corrected chi connectivity index (χ2v) is 5.59. The van der Waals surface area contributed by atoms with Gasteiger partial charge in [-0.1, -0.05) is 30.2 Å². The van der Waals surface area contributed by atoms with Gasteiger partial charge in [0, 0.05) is 18.6 Å². The van der Waals surface area contributed by atoms with E-state index in [9.17, 15) is 9.90 Å². The normalized spacial score (nSPS) is 23.4. The molecule has 0 heterocycles. The van der Waals surface area contributed by atoms with Crippen molar-refractivity contribution >= 4 is 17.5 Å². The Kier molecular flexibility index (Phi) is 5.26. The fourth-order valence-electron chi connectivity index (χ4n) is 2.53. The lowest BCUT2D eigenvalue weighted by Gasteiger charge is -2.22. The number of carbonyl (C=O) groups is 1. The molecule has 0 saturated heterocycles. The van der Waals surface area contributed by atoms with Gasteiger partial charge in [-0.2, -0.15) is 0 Å². The molecule has 3 atom stereocenters. The average molecular weight is 298 g/mol. The first-order chi connectivity index (χ1) is 9.61. The zero-order chi connectivity index (χ0) is 14.5. The number of ether oxygens (including phenoxy) is 1. The maximum Gasteiger partial charge on any atom is 0.261 e. The minimum atomic E-state index is -0.616. The summed E-state index contributed by atoms with van der Waals surface area (Å²) in [7, 11) is 0. The number of para-hydroxylation sites is 1. The van der Waals surface area contributed by atoms with Crippen molar-refractivity contribution in [3.63, 3.8) is 0 Å². The molecule has 5 heteroatoms. The molecule has 1 saturated carbocycles. The highest BCUT2D eigenvalue weighted by Crippen LogP contribution is 2.26. The third-order valence-corrected chi connectivity index (χ3v) is 4.04. The molecule has 0 radical (unpaired) electrons. The van der Waals surface area contributed by atoms with Crippen molar-refractivity contribution in [3.8, 4) is 5.75 Å². The number of benzene rings is 1. The van der Waals surface area contributed by atoms with E-state index in [1.165, 1.54) is 0 Å². The van der Waals surface area contributed by atoms with Gasteiger partial charge in [-0.15, -0.1) is 0 Å². The van der Waals surface area contributed by atoms with E-state index in [1.54, 1.807) is 19.1 Å². The number of aliphatic hydroxyl groups is 1. The Morgan fingerprint density at radius 2 is 2.25 bits per heavy atom. The summed E-state index contributed by atoms with van der Waals surface area (Å²) >= 11 is 6.00. The summed E-state index contributed by atoms with van der Waals surface area (Å²) < 4.78 is 5.58. The zero-order valence-corrected chi connectivity index (χ0v) is 12.3. The largest absolute Gasteiger partial charge is 0.479 e. The minimum absolute atomic E-state index is 0.0461. The van der Waals surface area contributed by atoms with E-state index in [0.29, 0.717) is 10.8 Å². The molecule has 1 fully saturated rings. The average Bonchev–Trinajstić information content (AvgIpc) is 2.88. The smallest absolute Gasteiger partial charge is 0.261 e. The summed E-state index contributed by atoms with van der Waals surface area (Å²) in [5.41, 5.74) is 0. The van der Waals surface area contributed by atoms with Crippen molar-refractivity contribution in [2.24, 2.45) is 5.92 Å². The quantitative estimate of drug-likeness (QED) is 0.877. The summed E-state index contributed by atoms with van der Waals surface area (Å²) in [6.07, 6.45) is 2.29. The molecular formula is C15H20ClNO3. The first kappa shape index (κ1) is 15.1. The van der Waals surface area contributed by atoms with Gasteiger partial charge in [0.05, 0.1) is 5.02 Å². The van der Waals surface area contributed by atoms with Crippen molar-refractivity contribution in [1.82, 2.24) is 5.32 Å². The molecule has 0 aliphatic heterocycles. The Labute approximate surface area is 124 Å². The molecule has 1 aromatic carbocycles. The van der Waals surface area contributed by atoms with Crippen LogP contribution in [0.3, 0.4) is 0 Å². The number of rotatable bonds is 5. The molecule has 1 aliphatic rings. The van der Waals surface area contributed by atoms with Gasteiger partial charge in [0.25, 0.3) is 5.91 Å². The lowest BCUT2D eigenvalue weighted by atomic mass is 10.0. The molecule has 2 N–H and O–H groups in total. The molecule has 0 aromatic heterocycles. The number of carbonyl (C=O) groups excluding carboxylic acids is 1. The summed E-state index contributed by atoms with van der Waals surface area (Å²) in [5.74, 6) is 0.490. The third-order valence-electron chi connectivity index (χ3n) is 3.73. The maximum atomic E-state index is 12.1. The number of aliphatic hydroxyl groups excluding tert-OH is 1. The van der Waals surface area contributed by atoms with Crippen molar-refractivity contribution in [1.29, 1.82) is 0 Å². The van der Waals surface area contributed by atoms with Crippen LogP contribution < -0.4 is 10.1 Å². The summed E-state index contributed by atoms with van der Waals surface area (Å²) in [5, 5.41) is 12.7. The van der Waals surface area contributed by atoms with E-state index in [4.69, 9.17) is 16.3 Å². The van der Waals surface area contributed by atoms with E-state index in [1.807, 2.05) is 12.1 Å². The Morgan fingerprint density at radius 3 is 2.95 bits per heavy atom. The van der Waals surface area contributed by atoms with Crippen LogP contribution in [-0.4, -0.2) is 29.8 Å². The lowest BCUT2D eigenvalue weighted by Crippen LogP contribution is -2.44. The molecule has 1 aliphatic carbocycles. The van der Waals surface area contributed by atoms with Crippen LogP contribution in [0.5, 0.6) is 5.75 Å². The van der Waals surface area contributed by atoms with Crippen LogP contribution in [0.25, 0.3) is 0 Å². The molecule has 4 nitrogen and oxygen atoms in total. The van der Waals surface area contributed by atoms with Crippen molar-refractivity contribution in [2.45, 2.75) is 38.3 Å². The summed E-state index contributed by atoms with van der Waals surface area (Å²) in [6, 6.07) is 7.12. The standard InChI is InChI=1S/C15H20ClNO3/c1-10(20-14-8-3-2-6-12(14)16)15(19)17-13-7-4-5-11(13)9-18/h2-3,6,8,10-11,13,18H,4-5,7,9H2,1H3,(H,17,19). The van der Waals surface area contributed by atoms with E-state index < -0.39 is 6.10 Å². The van der Waals surface area contributed by atoms with Crippen LogP contribution in [0.4, 0.5) is 0 Å². The predicted molar refractivity (Wildman–Crippen MR) is 77.9 cm³/mol. The van der Waals surface area contributed by atoms with E-state index in [-0.39, 0.29) is 24.5 Å². The number of hydrogen-bond acceptors (Lipinski definition) is 3. The van der Waals surface area contributed by atoms with Gasteiger partial charge in [-0.25, -0.2) is 0 Å². The molecule has 110 valence electrons. The number of hydrogen-bond donors (Lipinski definition) is 2. The third kappa shape index (κ3) is 3.64. The molecular weight excluding hydrogens is 278 g/mol. The fraction of sp³-hybridized carbons (Fsp3) is 0.533. The molecule has 2 rings (SSSR count). The van der Waals surface area contributed by atoms with Gasteiger partial charge in [-0.3, -0.25) is 4.79 Å². The SMILES string of the molecule is CC(Oc1ccccc1Cl)C(=O)NC1CCCC1CO. The van der Waals surface area contributed by atoms with Crippen LogP contribution in [0.1, 0.15) is 26.2 Å². The molecule has 1 amide bonds. The van der Waals surface area contributed by atoms with Gasteiger partial charge in [-0.05, 0) is 31.9 Å². The second-order valence-electron chi connectivity index (χ2n) is 5.18. The van der Waals surface area contributed by atoms with Crippen LogP contribution in [-0.2, 0) is 4.79 Å². The van der Waals surface area contributed by atoms with E-state index >= 15 is 0 Å². The molecule has 0 bridgehead atoms. The van der Waals surface area contributed by atoms with Gasteiger partial charge in [0.1, 0.15) is 5.75 Å². The van der Waals surface area contributed by atoms with Crippen LogP contribution >= 0.6 is 11.6 Å². The number of amides is 1. The van der Waals surface area contributed by atoms with E-state index in [2.05, 4.69) is 5.32 Å². The van der Waals surface area contributed by atoms with Gasteiger partial charge in [0.15, 0.2) is 6.10 Å². The second kappa shape index (κ2) is 6.95. The highest BCUT2D eigenvalue weighted by molar-refractivity contribution is 6.32. The molecule has 0 spiro atoms. The monoisotopic (exact) mass is 297 g/mol. The van der Waals surface area contributed by atoms with Gasteiger partial charge in [0.2, 0.25) is 0 Å². The predicted octanol–water partition coefficient (Wildman–Crippen LogP) is 2.38. The highest BCUT2D eigenvalue weighted by Gasteiger charge is 2.29. The first-order valence-corrected chi connectivity index (χ1v) is 7.32. The van der Waals surface area contributed by atoms with E-state index in [0.717, 1.165) is 19.3 Å². The van der Waals surface area contributed by atoms with Crippen LogP contribution in [0.2, 0.25) is 5.02 Å². The Hall–Kier alpha value is -1.26. The maximum absolute atomic E-state index is 12.1. The molecule has 20 heavy (non-hydrogen) atoms. The fourth-order valence-corrected chi connectivity index (χ4v) is 2.71. The number of nitrogens with one attached hydrogen (secondary N) is 1. The topological polar surface area (TPSA) is 58.6 Å². The Balaban J connectivity index is 1.91. The van der Waals surface area contributed by atoms with Crippen molar-refractivity contribution in [3.05, 3.63) is 29.3 Å². The van der Waals surface area contributed by atoms with Crippen LogP contribution in [0, 0.1) is 5.92 Å². The number of halogens is 1. The molecule has 3 unspecified atom stereocenters. The van der Waals surface area contributed by atoms with Crippen LogP contribution in [0.15, 0.2) is 24.3 Å². The minimum Gasteiger partial charge on any atom is -0.479 e.